The number of H-pyrrole nitrogens is 1. The van der Waals surface area contributed by atoms with Gasteiger partial charge in [0.25, 0.3) is 5.56 Å². The van der Waals surface area contributed by atoms with Crippen LogP contribution in [-0.2, 0) is 17.8 Å². The number of aromatic amines is 1. The fraction of sp³-hybridized carbons (Fsp3) is 0.500. The van der Waals surface area contributed by atoms with Crippen molar-refractivity contribution in [3.63, 3.8) is 0 Å². The molecule has 2 rings (SSSR count). The summed E-state index contributed by atoms with van der Waals surface area (Å²) in [6.45, 7) is 10.9. The molecule has 0 bridgehead atoms. The second kappa shape index (κ2) is 8.67. The van der Waals surface area contributed by atoms with Gasteiger partial charge in [-0.1, -0.05) is 6.92 Å². The summed E-state index contributed by atoms with van der Waals surface area (Å²) in [5.74, 6) is 0.215. The van der Waals surface area contributed by atoms with Gasteiger partial charge in [-0.15, -0.1) is 0 Å². The van der Waals surface area contributed by atoms with Gasteiger partial charge in [0.2, 0.25) is 5.91 Å². The number of hydrogen-bond acceptors (Lipinski definition) is 4. The molecule has 0 aliphatic rings. The van der Waals surface area contributed by atoms with Crippen molar-refractivity contribution in [2.75, 3.05) is 6.54 Å². The zero-order valence-corrected chi connectivity index (χ0v) is 16.6. The summed E-state index contributed by atoms with van der Waals surface area (Å²) in [5, 5.41) is 16.5. The smallest absolute Gasteiger partial charge is 0.266 e. The maximum Gasteiger partial charge on any atom is 0.266 e. The lowest BCUT2D eigenvalue weighted by atomic mass is 9.99. The molecule has 0 unspecified atom stereocenters. The Hall–Kier alpha value is -2.88. The Morgan fingerprint density at radius 3 is 2.67 bits per heavy atom. The molecule has 0 fully saturated rings. The second-order valence-electron chi connectivity index (χ2n) is 7.19. The summed E-state index contributed by atoms with van der Waals surface area (Å²) >= 11 is 0. The molecule has 7 heteroatoms. The van der Waals surface area contributed by atoms with Gasteiger partial charge in [0.15, 0.2) is 0 Å². The highest BCUT2D eigenvalue weighted by atomic mass is 16.1. The summed E-state index contributed by atoms with van der Waals surface area (Å²) in [5.41, 5.74) is 4.08. The monoisotopic (exact) mass is 369 g/mol. The Bertz CT molecular complexity index is 933. The topological polar surface area (TPSA) is 104 Å². The third-order valence-corrected chi connectivity index (χ3v) is 4.76. The summed E-state index contributed by atoms with van der Waals surface area (Å²) in [7, 11) is 0. The van der Waals surface area contributed by atoms with Crippen LogP contribution in [0.2, 0.25) is 0 Å². The predicted molar refractivity (Wildman–Crippen MR) is 103 cm³/mol. The molecule has 27 heavy (non-hydrogen) atoms. The van der Waals surface area contributed by atoms with Gasteiger partial charge < -0.3 is 10.3 Å². The summed E-state index contributed by atoms with van der Waals surface area (Å²) in [6.07, 6.45) is 0.798. The first-order valence-corrected chi connectivity index (χ1v) is 9.13. The average Bonchev–Trinajstić information content (AvgIpc) is 2.90. The number of carbonyl (C=O) groups is 1. The fourth-order valence-electron chi connectivity index (χ4n) is 3.25. The first kappa shape index (κ1) is 20.4. The molecule has 2 aromatic heterocycles. The molecule has 1 atom stereocenters. The van der Waals surface area contributed by atoms with Crippen molar-refractivity contribution < 1.29 is 4.79 Å². The van der Waals surface area contributed by atoms with E-state index in [1.807, 2.05) is 30.7 Å². The minimum atomic E-state index is -0.376. The Balaban J connectivity index is 1.89. The van der Waals surface area contributed by atoms with E-state index in [9.17, 15) is 9.59 Å². The normalized spacial score (nSPS) is 11.9. The Labute approximate surface area is 159 Å². The molecule has 0 aromatic carbocycles. The summed E-state index contributed by atoms with van der Waals surface area (Å²) in [6, 6.07) is 3.97. The van der Waals surface area contributed by atoms with E-state index in [0.29, 0.717) is 30.6 Å². The van der Waals surface area contributed by atoms with Gasteiger partial charge in [0, 0.05) is 30.9 Å². The molecule has 2 N–H and O–H groups in total. The van der Waals surface area contributed by atoms with Crippen molar-refractivity contribution in [2.24, 2.45) is 5.92 Å². The van der Waals surface area contributed by atoms with Crippen LogP contribution in [0.5, 0.6) is 0 Å². The lowest BCUT2D eigenvalue weighted by Crippen LogP contribution is -2.30. The predicted octanol–water partition coefficient (Wildman–Crippen LogP) is 2.06. The first-order valence-electron chi connectivity index (χ1n) is 9.13. The Kier molecular flexibility index (Phi) is 6.56. The lowest BCUT2D eigenvalue weighted by Gasteiger charge is -2.15. The molecule has 1 amide bonds. The van der Waals surface area contributed by atoms with E-state index in [4.69, 9.17) is 5.26 Å². The van der Waals surface area contributed by atoms with Crippen LogP contribution in [0.3, 0.4) is 0 Å². The van der Waals surface area contributed by atoms with E-state index in [-0.39, 0.29) is 22.9 Å². The quantitative estimate of drug-likeness (QED) is 0.779. The van der Waals surface area contributed by atoms with E-state index >= 15 is 0 Å². The van der Waals surface area contributed by atoms with Gasteiger partial charge in [0.05, 0.1) is 5.69 Å². The molecule has 7 nitrogen and oxygen atoms in total. The highest BCUT2D eigenvalue weighted by Gasteiger charge is 2.14. The van der Waals surface area contributed by atoms with E-state index in [1.54, 1.807) is 13.8 Å². The van der Waals surface area contributed by atoms with Gasteiger partial charge in [-0.05, 0) is 57.2 Å². The van der Waals surface area contributed by atoms with Crippen LogP contribution >= 0.6 is 0 Å². The minimum absolute atomic E-state index is 0.0428. The van der Waals surface area contributed by atoms with Crippen LogP contribution in [0.4, 0.5) is 0 Å². The number of nitrogens with one attached hydrogen (secondary N) is 2. The summed E-state index contributed by atoms with van der Waals surface area (Å²) < 4.78 is 1.96. The van der Waals surface area contributed by atoms with E-state index < -0.39 is 0 Å². The molecule has 0 aliphatic heterocycles. The largest absolute Gasteiger partial charge is 0.356 e. The molecule has 0 saturated heterocycles. The minimum Gasteiger partial charge on any atom is -0.356 e. The number of pyridine rings is 1. The second-order valence-corrected chi connectivity index (χ2v) is 7.19. The number of nitriles is 1. The number of hydrogen-bond donors (Lipinski definition) is 2. The van der Waals surface area contributed by atoms with Crippen LogP contribution in [-0.4, -0.2) is 27.2 Å². The van der Waals surface area contributed by atoms with Gasteiger partial charge in [-0.3, -0.25) is 14.3 Å². The van der Waals surface area contributed by atoms with Crippen LogP contribution in [0.1, 0.15) is 47.1 Å². The van der Waals surface area contributed by atoms with E-state index in [1.165, 1.54) is 0 Å². The molecule has 144 valence electrons. The Morgan fingerprint density at radius 1 is 1.37 bits per heavy atom. The third-order valence-electron chi connectivity index (χ3n) is 4.76. The number of aromatic nitrogens is 3. The number of amides is 1. The van der Waals surface area contributed by atoms with Crippen molar-refractivity contribution in [2.45, 2.75) is 54.0 Å². The molecule has 2 heterocycles. The number of nitrogens with zero attached hydrogens (tertiary/aromatic N) is 3. The highest BCUT2D eigenvalue weighted by Crippen LogP contribution is 2.15. The maximum atomic E-state index is 12.2. The van der Waals surface area contributed by atoms with Crippen molar-refractivity contribution in [1.29, 1.82) is 5.26 Å². The van der Waals surface area contributed by atoms with E-state index in [0.717, 1.165) is 23.5 Å². The molecular formula is C20H27N5O2. The third kappa shape index (κ3) is 5.07. The van der Waals surface area contributed by atoms with Crippen molar-refractivity contribution in [1.82, 2.24) is 20.1 Å². The van der Waals surface area contributed by atoms with Gasteiger partial charge in [-0.25, -0.2) is 0 Å². The van der Waals surface area contributed by atoms with Crippen molar-refractivity contribution >= 4 is 5.91 Å². The van der Waals surface area contributed by atoms with Crippen LogP contribution in [0, 0.1) is 44.9 Å². The van der Waals surface area contributed by atoms with Gasteiger partial charge in [0.1, 0.15) is 11.6 Å². The van der Waals surface area contributed by atoms with E-state index in [2.05, 4.69) is 22.3 Å². The number of carbonyl (C=O) groups excluding carboxylic acids is 1. The molecule has 0 radical (unpaired) electrons. The molecule has 0 spiro atoms. The molecule has 0 saturated carbocycles. The zero-order chi connectivity index (χ0) is 20.1. The van der Waals surface area contributed by atoms with Crippen LogP contribution in [0.15, 0.2) is 10.9 Å². The number of rotatable bonds is 7. The van der Waals surface area contributed by atoms with Gasteiger partial charge >= 0.3 is 0 Å². The summed E-state index contributed by atoms with van der Waals surface area (Å²) in [4.78, 5) is 26.7. The van der Waals surface area contributed by atoms with Crippen molar-refractivity contribution in [3.8, 4) is 6.07 Å². The average molecular weight is 369 g/mol. The lowest BCUT2D eigenvalue weighted by molar-refractivity contribution is -0.121. The number of aryl methyl sites for hydroxylation is 3. The first-order chi connectivity index (χ1) is 12.7. The Morgan fingerprint density at radius 2 is 2.07 bits per heavy atom. The SMILES string of the molecule is Cc1cc(C)n(C[C@H](C)CNC(=O)CCc2c(C)[nH]c(=O)c(C#N)c2C)n1. The van der Waals surface area contributed by atoms with Crippen LogP contribution < -0.4 is 10.9 Å². The highest BCUT2D eigenvalue weighted by molar-refractivity contribution is 5.76. The van der Waals surface area contributed by atoms with Crippen molar-refractivity contribution in [3.05, 3.63) is 50.2 Å². The zero-order valence-electron chi connectivity index (χ0n) is 16.6. The maximum absolute atomic E-state index is 12.2. The standard InChI is InChI=1S/C20H27N5O2/c1-12(11-25-14(3)8-13(2)24-25)10-22-19(26)7-6-17-15(4)18(9-21)20(27)23-16(17)5/h8,12H,6-7,10-11H2,1-5H3,(H,22,26)(H,23,27)/t12-/m1/s1. The van der Waals surface area contributed by atoms with Gasteiger partial charge in [-0.2, -0.15) is 10.4 Å². The fourth-order valence-corrected chi connectivity index (χ4v) is 3.25. The molecule has 0 aliphatic carbocycles. The molecule has 2 aromatic rings. The molecular weight excluding hydrogens is 342 g/mol. The van der Waals surface area contributed by atoms with Crippen LogP contribution in [0.25, 0.3) is 0 Å².